The Morgan fingerprint density at radius 2 is 1.77 bits per heavy atom. The lowest BCUT2D eigenvalue weighted by molar-refractivity contribution is -0.137. The molecular formula is C27H38N4O4. The first-order valence-corrected chi connectivity index (χ1v) is 12.9. The highest BCUT2D eigenvalue weighted by Gasteiger charge is 2.53. The second-order valence-electron chi connectivity index (χ2n) is 11.1. The molecule has 0 radical (unpaired) electrons. The zero-order chi connectivity index (χ0) is 25.2. The number of hydrogen-bond donors (Lipinski definition) is 3. The molecule has 2 saturated carbocycles. The first kappa shape index (κ1) is 25.2. The van der Waals surface area contributed by atoms with Gasteiger partial charge in [-0.1, -0.05) is 57.5 Å². The lowest BCUT2D eigenvalue weighted by Crippen LogP contribution is -2.53. The van der Waals surface area contributed by atoms with Gasteiger partial charge in [-0.25, -0.2) is 4.79 Å². The molecule has 3 N–H and O–H groups in total. The average Bonchev–Trinajstić information content (AvgIpc) is 3.63. The van der Waals surface area contributed by atoms with E-state index < -0.39 is 30.1 Å². The van der Waals surface area contributed by atoms with Crippen molar-refractivity contribution in [3.63, 3.8) is 0 Å². The number of nitrogens with zero attached hydrogens (tertiary/aromatic N) is 1. The summed E-state index contributed by atoms with van der Waals surface area (Å²) in [5, 5.41) is 8.61. The quantitative estimate of drug-likeness (QED) is 0.471. The number of imide groups is 1. The largest absolute Gasteiger partial charge is 0.352 e. The number of benzene rings is 1. The van der Waals surface area contributed by atoms with Crippen molar-refractivity contribution in [2.75, 3.05) is 6.54 Å². The van der Waals surface area contributed by atoms with E-state index in [1.807, 2.05) is 30.3 Å². The highest BCUT2D eigenvalue weighted by atomic mass is 16.2. The van der Waals surface area contributed by atoms with Crippen molar-refractivity contribution in [3.8, 4) is 0 Å². The fourth-order valence-corrected chi connectivity index (χ4v) is 5.31. The van der Waals surface area contributed by atoms with Crippen LogP contribution in [0.15, 0.2) is 30.3 Å². The highest BCUT2D eigenvalue weighted by Crippen LogP contribution is 2.45. The molecule has 1 unspecified atom stereocenters. The van der Waals surface area contributed by atoms with E-state index in [1.54, 1.807) is 0 Å². The van der Waals surface area contributed by atoms with Gasteiger partial charge in [-0.05, 0) is 55.4 Å². The van der Waals surface area contributed by atoms with Gasteiger partial charge in [-0.2, -0.15) is 0 Å². The van der Waals surface area contributed by atoms with Gasteiger partial charge in [0, 0.05) is 12.5 Å². The molecule has 1 atom stereocenters. The lowest BCUT2D eigenvalue weighted by Gasteiger charge is -2.42. The molecule has 1 saturated heterocycles. The second kappa shape index (κ2) is 9.99. The van der Waals surface area contributed by atoms with Crippen LogP contribution in [0.1, 0.15) is 71.3 Å². The predicted octanol–water partition coefficient (Wildman–Crippen LogP) is 2.91. The molecule has 1 heterocycles. The summed E-state index contributed by atoms with van der Waals surface area (Å²) < 4.78 is 0. The summed E-state index contributed by atoms with van der Waals surface area (Å²) in [6, 6.07) is 8.34. The van der Waals surface area contributed by atoms with Crippen molar-refractivity contribution in [2.45, 2.75) is 89.8 Å². The Bertz CT molecular complexity index is 965. The van der Waals surface area contributed by atoms with E-state index in [-0.39, 0.29) is 23.3 Å². The molecule has 0 aromatic heterocycles. The molecular weight excluding hydrogens is 444 g/mol. The monoisotopic (exact) mass is 482 g/mol. The van der Waals surface area contributed by atoms with E-state index in [0.717, 1.165) is 42.6 Å². The fraction of sp³-hybridized carbons (Fsp3) is 0.630. The van der Waals surface area contributed by atoms with Gasteiger partial charge in [0.25, 0.3) is 5.91 Å². The average molecular weight is 483 g/mol. The Balaban J connectivity index is 1.38. The molecule has 1 spiro atoms. The minimum absolute atomic E-state index is 0.163. The maximum Gasteiger partial charge on any atom is 0.325 e. The molecule has 5 amide bonds. The van der Waals surface area contributed by atoms with Crippen LogP contribution in [0.25, 0.3) is 0 Å². The van der Waals surface area contributed by atoms with Gasteiger partial charge in [0.2, 0.25) is 11.8 Å². The lowest BCUT2D eigenvalue weighted by atomic mass is 9.65. The van der Waals surface area contributed by atoms with Crippen LogP contribution in [0, 0.1) is 11.3 Å². The molecule has 1 aromatic carbocycles. The molecule has 1 aromatic rings. The SMILES string of the molecule is CCC(C)(C)C1CCC2(CC1)NC(=O)N(CC(=O)NC(Cc1ccccc1)C(=O)NC1CC1)C2=O. The molecule has 4 rings (SSSR count). The Kier molecular flexibility index (Phi) is 7.20. The van der Waals surface area contributed by atoms with Gasteiger partial charge >= 0.3 is 6.03 Å². The molecule has 3 aliphatic rings. The van der Waals surface area contributed by atoms with E-state index in [4.69, 9.17) is 0 Å². The maximum absolute atomic E-state index is 13.3. The number of hydrogen-bond acceptors (Lipinski definition) is 4. The van der Waals surface area contributed by atoms with Gasteiger partial charge < -0.3 is 16.0 Å². The van der Waals surface area contributed by atoms with Crippen LogP contribution in [-0.4, -0.2) is 52.8 Å². The van der Waals surface area contributed by atoms with Crippen LogP contribution in [-0.2, 0) is 20.8 Å². The summed E-state index contributed by atoms with van der Waals surface area (Å²) in [4.78, 5) is 52.8. The minimum Gasteiger partial charge on any atom is -0.352 e. The van der Waals surface area contributed by atoms with Gasteiger partial charge in [0.05, 0.1) is 0 Å². The van der Waals surface area contributed by atoms with E-state index >= 15 is 0 Å². The minimum atomic E-state index is -0.912. The molecule has 0 bridgehead atoms. The van der Waals surface area contributed by atoms with Crippen LogP contribution in [0.3, 0.4) is 0 Å². The fourth-order valence-electron chi connectivity index (χ4n) is 5.31. The van der Waals surface area contributed by atoms with E-state index in [0.29, 0.717) is 25.2 Å². The summed E-state index contributed by atoms with van der Waals surface area (Å²) in [7, 11) is 0. The Hall–Kier alpha value is -2.90. The third kappa shape index (κ3) is 5.68. The summed E-state index contributed by atoms with van der Waals surface area (Å²) in [6.45, 7) is 6.31. The third-order valence-corrected chi connectivity index (χ3v) is 8.26. The molecule has 3 fully saturated rings. The Morgan fingerprint density at radius 1 is 1.11 bits per heavy atom. The van der Waals surface area contributed by atoms with Gasteiger partial charge in [0.15, 0.2) is 0 Å². The smallest absolute Gasteiger partial charge is 0.325 e. The van der Waals surface area contributed by atoms with Crippen molar-refractivity contribution in [1.82, 2.24) is 20.9 Å². The van der Waals surface area contributed by atoms with Crippen molar-refractivity contribution in [3.05, 3.63) is 35.9 Å². The van der Waals surface area contributed by atoms with E-state index in [9.17, 15) is 19.2 Å². The zero-order valence-electron chi connectivity index (χ0n) is 21.1. The number of rotatable bonds is 9. The Labute approximate surface area is 207 Å². The van der Waals surface area contributed by atoms with Crippen LogP contribution in [0.5, 0.6) is 0 Å². The van der Waals surface area contributed by atoms with Crippen LogP contribution in [0.2, 0.25) is 0 Å². The number of carbonyl (C=O) groups excluding carboxylic acids is 4. The van der Waals surface area contributed by atoms with Crippen molar-refractivity contribution in [2.24, 2.45) is 11.3 Å². The van der Waals surface area contributed by atoms with Gasteiger partial charge in [-0.15, -0.1) is 0 Å². The van der Waals surface area contributed by atoms with Crippen molar-refractivity contribution < 1.29 is 19.2 Å². The first-order chi connectivity index (χ1) is 16.6. The standard InChI is InChI=1S/C27H38N4O4/c1-4-26(2,3)19-12-14-27(15-13-19)24(34)31(25(35)30-27)17-22(32)29-21(23(33)28-20-10-11-20)16-18-8-6-5-7-9-18/h5-9,19-21H,4,10-17H2,1-3H3,(H,28,33)(H,29,32)(H,30,35). The maximum atomic E-state index is 13.3. The Morgan fingerprint density at radius 3 is 2.37 bits per heavy atom. The van der Waals surface area contributed by atoms with Crippen LogP contribution in [0.4, 0.5) is 4.79 Å². The number of carbonyl (C=O) groups is 4. The zero-order valence-corrected chi connectivity index (χ0v) is 21.1. The first-order valence-electron chi connectivity index (χ1n) is 12.9. The summed E-state index contributed by atoms with van der Waals surface area (Å²) in [5.74, 6) is -0.579. The van der Waals surface area contributed by atoms with Crippen LogP contribution >= 0.6 is 0 Å². The summed E-state index contributed by atoms with van der Waals surface area (Å²) >= 11 is 0. The van der Waals surface area contributed by atoms with Gasteiger partial charge in [-0.3, -0.25) is 19.3 Å². The number of urea groups is 1. The normalized spacial score (nSPS) is 25.3. The highest BCUT2D eigenvalue weighted by molar-refractivity contribution is 6.09. The van der Waals surface area contributed by atoms with Gasteiger partial charge in [0.1, 0.15) is 18.1 Å². The molecule has 35 heavy (non-hydrogen) atoms. The van der Waals surface area contributed by atoms with Crippen molar-refractivity contribution >= 4 is 23.8 Å². The summed E-state index contributed by atoms with van der Waals surface area (Å²) in [5.41, 5.74) is 0.205. The molecule has 2 aliphatic carbocycles. The van der Waals surface area contributed by atoms with Crippen LogP contribution < -0.4 is 16.0 Å². The summed E-state index contributed by atoms with van der Waals surface area (Å²) in [6.07, 6.45) is 6.20. The third-order valence-electron chi connectivity index (χ3n) is 8.26. The molecule has 8 heteroatoms. The van der Waals surface area contributed by atoms with E-state index in [1.165, 1.54) is 0 Å². The molecule has 190 valence electrons. The number of amides is 5. The van der Waals surface area contributed by atoms with E-state index in [2.05, 4.69) is 36.7 Å². The second-order valence-corrected chi connectivity index (χ2v) is 11.1. The number of nitrogens with one attached hydrogen (secondary N) is 3. The molecule has 1 aliphatic heterocycles. The van der Waals surface area contributed by atoms with Crippen molar-refractivity contribution in [1.29, 1.82) is 0 Å². The predicted molar refractivity (Wildman–Crippen MR) is 132 cm³/mol. The topological polar surface area (TPSA) is 108 Å². The molecule has 8 nitrogen and oxygen atoms in total.